The van der Waals surface area contributed by atoms with Crippen LogP contribution in [-0.4, -0.2) is 57.9 Å². The van der Waals surface area contributed by atoms with Gasteiger partial charge in [-0.3, -0.25) is 9.80 Å². The van der Waals surface area contributed by atoms with Crippen molar-refractivity contribution in [1.29, 1.82) is 0 Å². The Morgan fingerprint density at radius 3 is 1.73 bits per heavy atom. The molecule has 2 aromatic carbocycles. The Kier molecular flexibility index (Phi) is 6.80. The Hall–Kier alpha value is -1.72. The summed E-state index contributed by atoms with van der Waals surface area (Å²) < 4.78 is 0. The third kappa shape index (κ3) is 4.92. The molecule has 4 heteroatoms. The fourth-order valence-corrected chi connectivity index (χ4v) is 3.96. The molecule has 140 valence electrons. The van der Waals surface area contributed by atoms with Gasteiger partial charge in [-0.15, -0.1) is 0 Å². The monoisotopic (exact) mass is 354 g/mol. The van der Waals surface area contributed by atoms with Crippen LogP contribution in [-0.2, 0) is 13.1 Å². The minimum Gasteiger partial charge on any atom is -0.390 e. The highest BCUT2D eigenvalue weighted by molar-refractivity contribution is 5.18. The zero-order valence-corrected chi connectivity index (χ0v) is 15.5. The van der Waals surface area contributed by atoms with Crippen LogP contribution in [0.25, 0.3) is 0 Å². The Labute approximate surface area is 156 Å². The van der Waals surface area contributed by atoms with E-state index >= 15 is 0 Å². The molecule has 1 fully saturated rings. The van der Waals surface area contributed by atoms with E-state index in [0.29, 0.717) is 26.2 Å². The summed E-state index contributed by atoms with van der Waals surface area (Å²) in [6.45, 7) is 5.70. The van der Waals surface area contributed by atoms with Gasteiger partial charge < -0.3 is 10.2 Å². The fourth-order valence-electron chi connectivity index (χ4n) is 3.96. The minimum absolute atomic E-state index is 0.261. The molecule has 0 amide bonds. The second-order valence-electron chi connectivity index (χ2n) is 7.26. The van der Waals surface area contributed by atoms with Crippen LogP contribution in [0.2, 0.25) is 0 Å². The number of hydrogen-bond acceptors (Lipinski definition) is 4. The average Bonchev–Trinajstić information content (AvgIpc) is 2.63. The van der Waals surface area contributed by atoms with Crippen LogP contribution >= 0.6 is 0 Å². The Balaban J connectivity index is 1.80. The summed E-state index contributed by atoms with van der Waals surface area (Å²) in [4.78, 5) is 4.39. The van der Waals surface area contributed by atoms with E-state index in [2.05, 4.69) is 41.0 Å². The first-order valence-corrected chi connectivity index (χ1v) is 9.57. The Bertz CT molecular complexity index is 596. The summed E-state index contributed by atoms with van der Waals surface area (Å²) in [7, 11) is 0. The average molecular weight is 354 g/mol. The standard InChI is InChI=1S/C22H30N2O2/c1-2-13-23-16-20(25)22(21(26)17-23)24(14-18-9-5-3-6-10-18)15-19-11-7-4-8-12-19/h3-12,20-22,25-26H,2,13-17H2,1H3/t20-,21-/m0/s1. The molecule has 2 N–H and O–H groups in total. The zero-order chi connectivity index (χ0) is 18.4. The maximum atomic E-state index is 10.8. The molecule has 1 heterocycles. The summed E-state index contributed by atoms with van der Waals surface area (Å²) in [6.07, 6.45) is -0.0857. The molecule has 1 aliphatic rings. The van der Waals surface area contributed by atoms with Crippen molar-refractivity contribution < 1.29 is 10.2 Å². The van der Waals surface area contributed by atoms with E-state index in [4.69, 9.17) is 0 Å². The second kappa shape index (κ2) is 9.28. The molecule has 0 saturated carbocycles. The van der Waals surface area contributed by atoms with Crippen molar-refractivity contribution in [3.05, 3.63) is 71.8 Å². The molecule has 0 unspecified atom stereocenters. The molecular formula is C22H30N2O2. The van der Waals surface area contributed by atoms with Gasteiger partial charge in [-0.05, 0) is 24.1 Å². The van der Waals surface area contributed by atoms with Crippen LogP contribution in [0.5, 0.6) is 0 Å². The van der Waals surface area contributed by atoms with Crippen molar-refractivity contribution in [2.75, 3.05) is 19.6 Å². The maximum Gasteiger partial charge on any atom is 0.0847 e. The maximum absolute atomic E-state index is 10.8. The van der Waals surface area contributed by atoms with Crippen LogP contribution in [0.1, 0.15) is 24.5 Å². The van der Waals surface area contributed by atoms with Gasteiger partial charge in [-0.2, -0.15) is 0 Å². The van der Waals surface area contributed by atoms with Gasteiger partial charge in [0.1, 0.15) is 0 Å². The van der Waals surface area contributed by atoms with Gasteiger partial charge in [0, 0.05) is 26.2 Å². The van der Waals surface area contributed by atoms with E-state index in [1.807, 2.05) is 36.4 Å². The predicted octanol–water partition coefficient (Wildman–Crippen LogP) is 2.50. The summed E-state index contributed by atoms with van der Waals surface area (Å²) >= 11 is 0. The third-order valence-corrected chi connectivity index (χ3v) is 5.10. The van der Waals surface area contributed by atoms with Crippen molar-refractivity contribution in [2.45, 2.75) is 44.7 Å². The number of β-amino-alcohol motifs (C(OH)–C–C–N with tert-alkyl or cyclic N) is 2. The van der Waals surface area contributed by atoms with Gasteiger partial charge >= 0.3 is 0 Å². The highest BCUT2D eigenvalue weighted by Crippen LogP contribution is 2.22. The molecule has 0 bridgehead atoms. The first-order valence-electron chi connectivity index (χ1n) is 9.57. The van der Waals surface area contributed by atoms with E-state index < -0.39 is 12.2 Å². The first kappa shape index (κ1) is 19.1. The van der Waals surface area contributed by atoms with E-state index in [1.54, 1.807) is 0 Å². The van der Waals surface area contributed by atoms with Gasteiger partial charge in [0.15, 0.2) is 0 Å². The molecule has 4 nitrogen and oxygen atoms in total. The third-order valence-electron chi connectivity index (χ3n) is 5.10. The lowest BCUT2D eigenvalue weighted by atomic mass is 9.95. The molecule has 1 aliphatic heterocycles. The van der Waals surface area contributed by atoms with E-state index in [0.717, 1.165) is 13.0 Å². The lowest BCUT2D eigenvalue weighted by molar-refractivity contribution is -0.0895. The topological polar surface area (TPSA) is 46.9 Å². The normalized spacial score (nSPS) is 22.0. The van der Waals surface area contributed by atoms with E-state index in [1.165, 1.54) is 11.1 Å². The van der Waals surface area contributed by atoms with Crippen LogP contribution in [0.3, 0.4) is 0 Å². The number of rotatable bonds is 7. The highest BCUT2D eigenvalue weighted by Gasteiger charge is 2.38. The second-order valence-corrected chi connectivity index (χ2v) is 7.26. The summed E-state index contributed by atoms with van der Waals surface area (Å²) in [5.74, 6) is 0. The van der Waals surface area contributed by atoms with Gasteiger partial charge in [0.2, 0.25) is 0 Å². The molecule has 26 heavy (non-hydrogen) atoms. The molecular weight excluding hydrogens is 324 g/mol. The summed E-state index contributed by atoms with van der Waals surface area (Å²) in [5, 5.41) is 21.6. The summed E-state index contributed by atoms with van der Waals surface area (Å²) in [6, 6.07) is 20.3. The molecule has 0 aliphatic carbocycles. The molecule has 2 aromatic rings. The van der Waals surface area contributed by atoms with Crippen molar-refractivity contribution >= 4 is 0 Å². The number of aliphatic hydroxyl groups is 2. The molecule has 0 radical (unpaired) electrons. The molecule has 2 atom stereocenters. The highest BCUT2D eigenvalue weighted by atomic mass is 16.3. The number of likely N-dealkylation sites (tertiary alicyclic amines) is 1. The van der Waals surface area contributed by atoms with Gasteiger partial charge in [-0.25, -0.2) is 0 Å². The van der Waals surface area contributed by atoms with Gasteiger partial charge in [-0.1, -0.05) is 67.6 Å². The van der Waals surface area contributed by atoms with Crippen LogP contribution in [0.15, 0.2) is 60.7 Å². The molecule has 3 rings (SSSR count). The number of benzene rings is 2. The van der Waals surface area contributed by atoms with E-state index in [-0.39, 0.29) is 6.04 Å². The van der Waals surface area contributed by atoms with Crippen molar-refractivity contribution in [1.82, 2.24) is 9.80 Å². The largest absolute Gasteiger partial charge is 0.390 e. The van der Waals surface area contributed by atoms with Crippen LogP contribution in [0.4, 0.5) is 0 Å². The minimum atomic E-state index is -0.558. The van der Waals surface area contributed by atoms with Gasteiger partial charge in [0.25, 0.3) is 0 Å². The van der Waals surface area contributed by atoms with E-state index in [9.17, 15) is 10.2 Å². The molecule has 0 spiro atoms. The first-order chi connectivity index (χ1) is 12.7. The lowest BCUT2D eigenvalue weighted by Gasteiger charge is -2.44. The smallest absolute Gasteiger partial charge is 0.0847 e. The number of hydrogen-bond donors (Lipinski definition) is 2. The summed E-state index contributed by atoms with van der Waals surface area (Å²) in [5.41, 5.74) is 2.39. The quantitative estimate of drug-likeness (QED) is 0.802. The lowest BCUT2D eigenvalue weighted by Crippen LogP contribution is -2.61. The Morgan fingerprint density at radius 2 is 1.31 bits per heavy atom. The predicted molar refractivity (Wildman–Crippen MR) is 105 cm³/mol. The van der Waals surface area contributed by atoms with Crippen LogP contribution in [0, 0.1) is 0 Å². The van der Waals surface area contributed by atoms with Crippen molar-refractivity contribution in [2.24, 2.45) is 0 Å². The molecule has 0 aromatic heterocycles. The zero-order valence-electron chi connectivity index (χ0n) is 15.5. The Morgan fingerprint density at radius 1 is 0.846 bits per heavy atom. The number of piperidine rings is 1. The fraction of sp³-hybridized carbons (Fsp3) is 0.455. The van der Waals surface area contributed by atoms with Gasteiger partial charge in [0.05, 0.1) is 18.2 Å². The van der Waals surface area contributed by atoms with Crippen molar-refractivity contribution in [3.8, 4) is 0 Å². The number of aliphatic hydroxyl groups excluding tert-OH is 2. The number of nitrogens with zero attached hydrogens (tertiary/aromatic N) is 2. The SMILES string of the molecule is CCCN1C[C@H](O)C(N(Cc2ccccc2)Cc2ccccc2)[C@@H](O)C1. The molecule has 1 saturated heterocycles. The van der Waals surface area contributed by atoms with Crippen LogP contribution < -0.4 is 0 Å². The van der Waals surface area contributed by atoms with Crippen molar-refractivity contribution in [3.63, 3.8) is 0 Å².